The van der Waals surface area contributed by atoms with Gasteiger partial charge in [0, 0.05) is 13.1 Å². The Morgan fingerprint density at radius 3 is 2.25 bits per heavy atom. The highest BCUT2D eigenvalue weighted by molar-refractivity contribution is 7.88. The van der Waals surface area contributed by atoms with Crippen LogP contribution in [0.5, 0.6) is 0 Å². The minimum absolute atomic E-state index is 0.409. The minimum Gasteiger partial charge on any atom is -0.212 e. The molecule has 0 aliphatic heterocycles. The number of sulfonamides is 1. The number of hydrogen-bond donors (Lipinski definition) is 0. The van der Waals surface area contributed by atoms with Crippen LogP contribution in [-0.4, -0.2) is 26.0 Å². The number of hydrogen-bond acceptors (Lipinski definition) is 2. The summed E-state index contributed by atoms with van der Waals surface area (Å²) in [4.78, 5) is 0. The van der Waals surface area contributed by atoms with Crippen molar-refractivity contribution in [3.63, 3.8) is 0 Å². The van der Waals surface area contributed by atoms with Crippen LogP contribution in [0.15, 0.2) is 18.2 Å². The van der Waals surface area contributed by atoms with E-state index in [1.165, 1.54) is 13.1 Å². The van der Waals surface area contributed by atoms with Gasteiger partial charge in [0.1, 0.15) is 0 Å². The Kier molecular flexibility index (Phi) is 3.64. The van der Waals surface area contributed by atoms with E-state index in [0.29, 0.717) is 5.56 Å². The predicted molar refractivity (Wildman–Crippen MR) is 57.4 cm³/mol. The van der Waals surface area contributed by atoms with E-state index < -0.39 is 27.7 Å². The summed E-state index contributed by atoms with van der Waals surface area (Å²) < 4.78 is 49.3. The molecule has 0 heterocycles. The molecule has 3 nitrogen and oxygen atoms in total. The largest absolute Gasteiger partial charge is 0.212 e. The Morgan fingerprint density at radius 1 is 1.25 bits per heavy atom. The fourth-order valence-corrected chi connectivity index (χ4v) is 1.97. The third-order valence-corrected chi connectivity index (χ3v) is 3.86. The molecule has 0 saturated heterocycles. The van der Waals surface area contributed by atoms with Gasteiger partial charge in [-0.05, 0) is 24.6 Å². The third kappa shape index (κ3) is 2.76. The summed E-state index contributed by atoms with van der Waals surface area (Å²) in [6, 6.07) is 2.81. The molecule has 1 aromatic rings. The quantitative estimate of drug-likeness (QED) is 0.820. The first-order chi connectivity index (χ1) is 7.23. The van der Waals surface area contributed by atoms with E-state index in [1.54, 1.807) is 6.92 Å². The van der Waals surface area contributed by atoms with Crippen molar-refractivity contribution in [2.75, 3.05) is 13.3 Å². The molecule has 6 heteroatoms. The van der Waals surface area contributed by atoms with Crippen LogP contribution in [0.1, 0.15) is 18.5 Å². The monoisotopic (exact) mass is 249 g/mol. The van der Waals surface area contributed by atoms with Gasteiger partial charge in [-0.15, -0.1) is 0 Å². The van der Waals surface area contributed by atoms with Crippen molar-refractivity contribution in [3.8, 4) is 0 Å². The first kappa shape index (κ1) is 13.1. The van der Waals surface area contributed by atoms with Gasteiger partial charge in [-0.3, -0.25) is 0 Å². The molecule has 0 bridgehead atoms. The van der Waals surface area contributed by atoms with Crippen molar-refractivity contribution < 1.29 is 17.2 Å². The molecule has 0 spiro atoms. The fourth-order valence-electron chi connectivity index (χ4n) is 1.27. The lowest BCUT2D eigenvalue weighted by molar-refractivity contribution is 0.399. The average molecular weight is 249 g/mol. The molecule has 0 amide bonds. The van der Waals surface area contributed by atoms with Gasteiger partial charge in [-0.1, -0.05) is 6.07 Å². The Hall–Kier alpha value is -1.01. The Labute approximate surface area is 93.7 Å². The second-order valence-corrected chi connectivity index (χ2v) is 5.67. The van der Waals surface area contributed by atoms with Gasteiger partial charge in [0.15, 0.2) is 11.6 Å². The molecule has 90 valence electrons. The van der Waals surface area contributed by atoms with Gasteiger partial charge in [0.05, 0.1) is 6.26 Å². The van der Waals surface area contributed by atoms with Crippen LogP contribution in [0.3, 0.4) is 0 Å². The molecule has 16 heavy (non-hydrogen) atoms. The van der Waals surface area contributed by atoms with Crippen LogP contribution in [0, 0.1) is 11.6 Å². The number of benzene rings is 1. The van der Waals surface area contributed by atoms with E-state index in [9.17, 15) is 17.2 Å². The van der Waals surface area contributed by atoms with E-state index in [-0.39, 0.29) is 0 Å². The SMILES string of the molecule is C[C@@H](c1ccc(F)c(F)c1)N(C)S(C)(=O)=O. The highest BCUT2D eigenvalue weighted by Gasteiger charge is 2.20. The Bertz CT molecular complexity index is 488. The van der Waals surface area contributed by atoms with Crippen molar-refractivity contribution in [2.24, 2.45) is 0 Å². The normalized spacial score (nSPS) is 14.1. The topological polar surface area (TPSA) is 37.4 Å². The van der Waals surface area contributed by atoms with Gasteiger partial charge in [-0.2, -0.15) is 4.31 Å². The van der Waals surface area contributed by atoms with Crippen molar-refractivity contribution in [1.82, 2.24) is 4.31 Å². The molecule has 1 rings (SSSR count). The molecule has 0 N–H and O–H groups in total. The van der Waals surface area contributed by atoms with Gasteiger partial charge < -0.3 is 0 Å². The smallest absolute Gasteiger partial charge is 0.211 e. The van der Waals surface area contributed by atoms with Crippen molar-refractivity contribution >= 4 is 10.0 Å². The molecule has 0 radical (unpaired) electrons. The maximum absolute atomic E-state index is 13.0. The summed E-state index contributed by atoms with van der Waals surface area (Å²) in [7, 11) is -1.97. The summed E-state index contributed by atoms with van der Waals surface area (Å²) in [5.74, 6) is -1.93. The predicted octanol–water partition coefficient (Wildman–Crippen LogP) is 1.92. The van der Waals surface area contributed by atoms with Gasteiger partial charge in [-0.25, -0.2) is 17.2 Å². The van der Waals surface area contributed by atoms with Crippen LogP contribution in [0.25, 0.3) is 0 Å². The van der Waals surface area contributed by atoms with Crippen LogP contribution >= 0.6 is 0 Å². The Morgan fingerprint density at radius 2 is 1.81 bits per heavy atom. The van der Waals surface area contributed by atoms with Crippen LogP contribution in [-0.2, 0) is 10.0 Å². The van der Waals surface area contributed by atoms with E-state index in [1.807, 2.05) is 0 Å². The zero-order valence-corrected chi connectivity index (χ0v) is 10.1. The van der Waals surface area contributed by atoms with Gasteiger partial charge in [0.25, 0.3) is 0 Å². The molecule has 1 aromatic carbocycles. The lowest BCUT2D eigenvalue weighted by Crippen LogP contribution is -2.28. The maximum atomic E-state index is 13.0. The van der Waals surface area contributed by atoms with Gasteiger partial charge in [0.2, 0.25) is 10.0 Å². The lowest BCUT2D eigenvalue weighted by Gasteiger charge is -2.22. The third-order valence-electron chi connectivity index (χ3n) is 2.49. The zero-order valence-electron chi connectivity index (χ0n) is 9.24. The van der Waals surface area contributed by atoms with Gasteiger partial charge >= 0.3 is 0 Å². The summed E-state index contributed by atoms with van der Waals surface area (Å²) in [6.45, 7) is 1.60. The molecule has 1 atom stereocenters. The van der Waals surface area contributed by atoms with Crippen molar-refractivity contribution in [3.05, 3.63) is 35.4 Å². The Balaban J connectivity index is 3.06. The summed E-state index contributed by atoms with van der Waals surface area (Å²) in [5.41, 5.74) is 0.409. The second-order valence-electron chi connectivity index (χ2n) is 3.63. The van der Waals surface area contributed by atoms with E-state index in [2.05, 4.69) is 0 Å². The highest BCUT2D eigenvalue weighted by Crippen LogP contribution is 2.22. The molecule has 0 aliphatic rings. The maximum Gasteiger partial charge on any atom is 0.211 e. The fraction of sp³-hybridized carbons (Fsp3) is 0.400. The summed E-state index contributed by atoms with van der Waals surface area (Å²) >= 11 is 0. The first-order valence-corrected chi connectivity index (χ1v) is 6.46. The molecule has 0 unspecified atom stereocenters. The van der Waals surface area contributed by atoms with Crippen molar-refractivity contribution in [1.29, 1.82) is 0 Å². The average Bonchev–Trinajstić information content (AvgIpc) is 2.18. The standard InChI is InChI=1S/C10H13F2NO2S/c1-7(13(2)16(3,14)15)8-4-5-9(11)10(12)6-8/h4-7H,1-3H3/t7-/m0/s1. The van der Waals surface area contributed by atoms with E-state index in [0.717, 1.165) is 22.7 Å². The molecule has 0 saturated carbocycles. The molecular formula is C10H13F2NO2S. The first-order valence-electron chi connectivity index (χ1n) is 4.61. The molecule has 0 aromatic heterocycles. The number of rotatable bonds is 3. The van der Waals surface area contributed by atoms with E-state index >= 15 is 0 Å². The lowest BCUT2D eigenvalue weighted by atomic mass is 10.1. The van der Waals surface area contributed by atoms with Crippen molar-refractivity contribution in [2.45, 2.75) is 13.0 Å². The van der Waals surface area contributed by atoms with Crippen LogP contribution in [0.4, 0.5) is 8.78 Å². The zero-order chi connectivity index (χ0) is 12.5. The summed E-state index contributed by atoms with van der Waals surface area (Å²) in [6.07, 6.45) is 1.06. The number of halogens is 2. The minimum atomic E-state index is -3.36. The molecular weight excluding hydrogens is 236 g/mol. The molecule has 0 aliphatic carbocycles. The number of nitrogens with zero attached hydrogens (tertiary/aromatic N) is 1. The summed E-state index contributed by atoms with van der Waals surface area (Å²) in [5, 5.41) is 0. The molecule has 0 fully saturated rings. The second kappa shape index (κ2) is 4.47. The van der Waals surface area contributed by atoms with Crippen LogP contribution in [0.2, 0.25) is 0 Å². The van der Waals surface area contributed by atoms with Crippen LogP contribution < -0.4 is 0 Å². The van der Waals surface area contributed by atoms with E-state index in [4.69, 9.17) is 0 Å². The highest BCUT2D eigenvalue weighted by atomic mass is 32.2.